The van der Waals surface area contributed by atoms with Crippen LogP contribution in [0, 0.1) is 0 Å². The highest BCUT2D eigenvalue weighted by Crippen LogP contribution is 2.37. The van der Waals surface area contributed by atoms with Crippen LogP contribution in [0.25, 0.3) is 32.3 Å². The predicted octanol–water partition coefficient (Wildman–Crippen LogP) is 7.14. The van der Waals surface area contributed by atoms with Gasteiger partial charge in [0.15, 0.2) is 0 Å². The molecule has 2 atom stereocenters. The zero-order valence-corrected chi connectivity index (χ0v) is 18.9. The van der Waals surface area contributed by atoms with Gasteiger partial charge >= 0.3 is 0 Å². The molecule has 0 amide bonds. The first kappa shape index (κ1) is 20.9. The Hall–Kier alpha value is -3.72. The van der Waals surface area contributed by atoms with E-state index in [1.807, 2.05) is 60.7 Å². The molecule has 2 unspecified atom stereocenters. The molecule has 0 saturated heterocycles. The Kier molecular flexibility index (Phi) is 5.26. The minimum atomic E-state index is -0.520. The van der Waals surface area contributed by atoms with E-state index in [2.05, 4.69) is 48.5 Å². The van der Waals surface area contributed by atoms with Crippen LogP contribution in [0.3, 0.4) is 0 Å². The Labute approximate surface area is 199 Å². The summed E-state index contributed by atoms with van der Waals surface area (Å²) in [6, 6.07) is 37.3. The van der Waals surface area contributed by atoms with Crippen LogP contribution in [0.1, 0.15) is 34.5 Å². The molecular formula is C32H26O2. The first-order valence-electron chi connectivity index (χ1n) is 11.8. The molecule has 0 aliphatic heterocycles. The maximum atomic E-state index is 10.7. The van der Waals surface area contributed by atoms with Crippen LogP contribution in [0.15, 0.2) is 109 Å². The average molecular weight is 443 g/mol. The quantitative estimate of drug-likeness (QED) is 0.269. The van der Waals surface area contributed by atoms with Crippen LogP contribution < -0.4 is 0 Å². The van der Waals surface area contributed by atoms with E-state index >= 15 is 0 Å². The highest BCUT2D eigenvalue weighted by Gasteiger charge is 2.15. The topological polar surface area (TPSA) is 40.5 Å². The molecular weight excluding hydrogens is 416 g/mol. The molecule has 0 heterocycles. The SMILES string of the molecule is OC(Cc1cc2ccc3cc(CC(O)c4ccccc4)cc4ccc(c1)c2c34)c1ccccc1. The van der Waals surface area contributed by atoms with Crippen molar-refractivity contribution >= 4 is 32.3 Å². The summed E-state index contributed by atoms with van der Waals surface area (Å²) in [7, 11) is 0. The monoisotopic (exact) mass is 442 g/mol. The van der Waals surface area contributed by atoms with Gasteiger partial charge in [0.05, 0.1) is 12.2 Å². The summed E-state index contributed by atoms with van der Waals surface area (Å²) in [6.07, 6.45) is 0.130. The van der Waals surface area contributed by atoms with Crippen molar-refractivity contribution < 1.29 is 10.2 Å². The van der Waals surface area contributed by atoms with Gasteiger partial charge in [0.25, 0.3) is 0 Å². The van der Waals surface area contributed by atoms with Crippen molar-refractivity contribution in [3.8, 4) is 0 Å². The van der Waals surface area contributed by atoms with Gasteiger partial charge in [-0.25, -0.2) is 0 Å². The van der Waals surface area contributed by atoms with Gasteiger partial charge in [-0.3, -0.25) is 0 Å². The van der Waals surface area contributed by atoms with Crippen molar-refractivity contribution in [1.82, 2.24) is 0 Å². The van der Waals surface area contributed by atoms with Gasteiger partial charge in [-0.15, -0.1) is 0 Å². The van der Waals surface area contributed by atoms with Gasteiger partial charge < -0.3 is 10.2 Å². The number of aliphatic hydroxyl groups excluding tert-OH is 2. The fourth-order valence-electron chi connectivity index (χ4n) is 5.23. The standard InChI is InChI=1S/C32H26O2/c33-29(23-7-3-1-4-8-23)19-21-15-25-11-13-27-17-22(20-30(34)24-9-5-2-6-10-24)18-28-14-12-26(16-21)31(25)32(27)28/h1-18,29-30,33-34H,19-20H2. The molecule has 0 aromatic heterocycles. The van der Waals surface area contributed by atoms with Gasteiger partial charge in [-0.05, 0) is 54.6 Å². The van der Waals surface area contributed by atoms with E-state index in [-0.39, 0.29) is 0 Å². The molecule has 6 aromatic rings. The normalized spacial score (nSPS) is 13.6. The molecule has 0 radical (unpaired) electrons. The van der Waals surface area contributed by atoms with Crippen LogP contribution in [-0.4, -0.2) is 10.2 Å². The summed E-state index contributed by atoms with van der Waals surface area (Å²) in [5.41, 5.74) is 4.15. The Morgan fingerprint density at radius 3 is 1.09 bits per heavy atom. The van der Waals surface area contributed by atoms with Crippen molar-refractivity contribution in [3.05, 3.63) is 131 Å². The van der Waals surface area contributed by atoms with E-state index in [9.17, 15) is 10.2 Å². The van der Waals surface area contributed by atoms with Crippen LogP contribution in [0.2, 0.25) is 0 Å². The summed E-state index contributed by atoms with van der Waals surface area (Å²) < 4.78 is 0. The molecule has 6 aromatic carbocycles. The smallest absolute Gasteiger partial charge is 0.0830 e. The lowest BCUT2D eigenvalue weighted by Gasteiger charge is -2.17. The van der Waals surface area contributed by atoms with Crippen LogP contribution >= 0.6 is 0 Å². The van der Waals surface area contributed by atoms with Crippen molar-refractivity contribution in [2.24, 2.45) is 0 Å². The minimum Gasteiger partial charge on any atom is -0.388 e. The van der Waals surface area contributed by atoms with Crippen molar-refractivity contribution in [2.75, 3.05) is 0 Å². The molecule has 6 rings (SSSR count). The molecule has 0 saturated carbocycles. The first-order chi connectivity index (χ1) is 16.7. The average Bonchev–Trinajstić information content (AvgIpc) is 2.88. The second kappa shape index (κ2) is 8.57. The van der Waals surface area contributed by atoms with Gasteiger partial charge in [0, 0.05) is 12.8 Å². The first-order valence-corrected chi connectivity index (χ1v) is 11.8. The van der Waals surface area contributed by atoms with E-state index in [0.717, 1.165) is 22.3 Å². The lowest BCUT2D eigenvalue weighted by Crippen LogP contribution is -2.02. The fraction of sp³-hybridized carbons (Fsp3) is 0.125. The molecule has 2 N–H and O–H groups in total. The molecule has 34 heavy (non-hydrogen) atoms. The number of benzene rings is 6. The third-order valence-electron chi connectivity index (χ3n) is 6.88. The highest BCUT2D eigenvalue weighted by molar-refractivity contribution is 6.23. The van der Waals surface area contributed by atoms with Crippen molar-refractivity contribution in [1.29, 1.82) is 0 Å². The fourth-order valence-corrected chi connectivity index (χ4v) is 5.23. The maximum absolute atomic E-state index is 10.7. The number of aliphatic hydroxyl groups is 2. The maximum Gasteiger partial charge on any atom is 0.0830 e. The Balaban J connectivity index is 1.37. The molecule has 0 spiro atoms. The van der Waals surface area contributed by atoms with Gasteiger partial charge in [-0.2, -0.15) is 0 Å². The lowest BCUT2D eigenvalue weighted by atomic mass is 9.89. The molecule has 0 aliphatic carbocycles. The molecule has 0 fully saturated rings. The third kappa shape index (κ3) is 3.81. The zero-order chi connectivity index (χ0) is 23.1. The number of hydrogen-bond acceptors (Lipinski definition) is 2. The van der Waals surface area contributed by atoms with E-state index < -0.39 is 12.2 Å². The minimum absolute atomic E-state index is 0.520. The summed E-state index contributed by atoms with van der Waals surface area (Å²) >= 11 is 0. The molecule has 2 heteroatoms. The zero-order valence-electron chi connectivity index (χ0n) is 18.9. The Bertz CT molecular complexity index is 1380. The Morgan fingerprint density at radius 2 is 0.765 bits per heavy atom. The highest BCUT2D eigenvalue weighted by atomic mass is 16.3. The van der Waals surface area contributed by atoms with Crippen molar-refractivity contribution in [3.63, 3.8) is 0 Å². The molecule has 166 valence electrons. The summed E-state index contributed by atoms with van der Waals surface area (Å²) in [6.45, 7) is 0. The number of hydrogen-bond donors (Lipinski definition) is 2. The van der Waals surface area contributed by atoms with Gasteiger partial charge in [0.2, 0.25) is 0 Å². The van der Waals surface area contributed by atoms with Crippen LogP contribution in [0.4, 0.5) is 0 Å². The molecule has 0 bridgehead atoms. The third-order valence-corrected chi connectivity index (χ3v) is 6.88. The second-order valence-electron chi connectivity index (χ2n) is 9.23. The van der Waals surface area contributed by atoms with E-state index in [4.69, 9.17) is 0 Å². The predicted molar refractivity (Wildman–Crippen MR) is 140 cm³/mol. The summed E-state index contributed by atoms with van der Waals surface area (Å²) in [5, 5.41) is 28.8. The van der Waals surface area contributed by atoms with Crippen LogP contribution in [-0.2, 0) is 12.8 Å². The Morgan fingerprint density at radius 1 is 0.441 bits per heavy atom. The van der Waals surface area contributed by atoms with E-state index in [1.54, 1.807) is 0 Å². The van der Waals surface area contributed by atoms with E-state index in [1.165, 1.54) is 32.3 Å². The van der Waals surface area contributed by atoms with Gasteiger partial charge in [-0.1, -0.05) is 109 Å². The molecule has 0 aliphatic rings. The second-order valence-corrected chi connectivity index (χ2v) is 9.23. The van der Waals surface area contributed by atoms with Crippen molar-refractivity contribution in [2.45, 2.75) is 25.0 Å². The van der Waals surface area contributed by atoms with E-state index in [0.29, 0.717) is 12.8 Å². The summed E-state index contributed by atoms with van der Waals surface area (Å²) in [4.78, 5) is 0. The van der Waals surface area contributed by atoms with Gasteiger partial charge in [0.1, 0.15) is 0 Å². The lowest BCUT2D eigenvalue weighted by molar-refractivity contribution is 0.178. The number of rotatable bonds is 6. The molecule has 2 nitrogen and oxygen atoms in total. The summed E-state index contributed by atoms with van der Waals surface area (Å²) in [5.74, 6) is 0. The van der Waals surface area contributed by atoms with Crippen LogP contribution in [0.5, 0.6) is 0 Å². The largest absolute Gasteiger partial charge is 0.388 e.